The van der Waals surface area contributed by atoms with E-state index >= 15 is 0 Å². The Kier molecular flexibility index (Phi) is 4.79. The first kappa shape index (κ1) is 16.1. The third kappa shape index (κ3) is 3.16. The molecule has 0 aromatic heterocycles. The number of Topliss-reactive ketones (excluding diaryl/α,β-unsaturated/α-hetero) is 1. The zero-order valence-corrected chi connectivity index (χ0v) is 13.2. The van der Waals surface area contributed by atoms with Crippen molar-refractivity contribution in [2.24, 2.45) is 5.41 Å². The van der Waals surface area contributed by atoms with Gasteiger partial charge in [-0.05, 0) is 31.0 Å². The summed E-state index contributed by atoms with van der Waals surface area (Å²) in [5, 5.41) is 9.86. The number of hydrogen-bond donors (Lipinski definition) is 1. The van der Waals surface area contributed by atoms with Crippen molar-refractivity contribution < 1.29 is 14.7 Å². The van der Waals surface area contributed by atoms with Crippen molar-refractivity contribution in [1.82, 2.24) is 4.90 Å². The Hall–Kier alpha value is -1.26. The molecule has 1 aliphatic heterocycles. The summed E-state index contributed by atoms with van der Waals surface area (Å²) in [6, 6.07) is 4.81. The highest BCUT2D eigenvalue weighted by Gasteiger charge is 2.45. The molecule has 0 saturated carbocycles. The Labute approximate surface area is 133 Å². The lowest BCUT2D eigenvalue weighted by Gasteiger charge is -2.27. The minimum absolute atomic E-state index is 0.0494. The maximum Gasteiger partial charge on any atom is 0.407 e. The standard InChI is InChI=1S/C15H17Cl2NO3/c1-2-5-15(6-7-18(9-15)14(20)21)13(19)10-3-4-11(16)12(17)8-10/h3-4,8H,2,5-7,9H2,1H3,(H,20,21). The van der Waals surface area contributed by atoms with Gasteiger partial charge in [0.25, 0.3) is 0 Å². The molecule has 114 valence electrons. The van der Waals surface area contributed by atoms with Crippen molar-refractivity contribution in [2.75, 3.05) is 13.1 Å². The number of ketones is 1. The average molecular weight is 330 g/mol. The van der Waals surface area contributed by atoms with Crippen LogP contribution in [-0.4, -0.2) is 35.0 Å². The molecular formula is C15H17Cl2NO3. The normalized spacial score (nSPS) is 21.6. The molecule has 2 rings (SSSR count). The number of nitrogens with zero attached hydrogens (tertiary/aromatic N) is 1. The van der Waals surface area contributed by atoms with Gasteiger partial charge in [0.15, 0.2) is 5.78 Å². The maximum atomic E-state index is 12.9. The number of benzene rings is 1. The van der Waals surface area contributed by atoms with E-state index in [0.29, 0.717) is 35.0 Å². The fourth-order valence-corrected chi connectivity index (χ4v) is 3.26. The molecule has 1 amide bonds. The van der Waals surface area contributed by atoms with Gasteiger partial charge in [-0.2, -0.15) is 0 Å². The third-order valence-electron chi connectivity index (χ3n) is 4.02. The topological polar surface area (TPSA) is 57.6 Å². The smallest absolute Gasteiger partial charge is 0.407 e. The number of halogens is 2. The van der Waals surface area contributed by atoms with Crippen LogP contribution in [0.4, 0.5) is 4.79 Å². The quantitative estimate of drug-likeness (QED) is 0.835. The van der Waals surface area contributed by atoms with E-state index in [1.807, 2.05) is 6.92 Å². The monoisotopic (exact) mass is 329 g/mol. The molecule has 1 fully saturated rings. The molecule has 1 saturated heterocycles. The molecule has 0 bridgehead atoms. The highest BCUT2D eigenvalue weighted by molar-refractivity contribution is 6.42. The lowest BCUT2D eigenvalue weighted by atomic mass is 9.76. The summed E-state index contributed by atoms with van der Waals surface area (Å²) < 4.78 is 0. The summed E-state index contributed by atoms with van der Waals surface area (Å²) in [5.41, 5.74) is -0.158. The van der Waals surface area contributed by atoms with Crippen LogP contribution in [0.15, 0.2) is 18.2 Å². The van der Waals surface area contributed by atoms with E-state index in [1.165, 1.54) is 4.90 Å². The van der Waals surface area contributed by atoms with Crippen molar-refractivity contribution in [2.45, 2.75) is 26.2 Å². The van der Waals surface area contributed by atoms with Crippen LogP contribution in [0.2, 0.25) is 10.0 Å². The SMILES string of the molecule is CCCC1(C(=O)c2ccc(Cl)c(Cl)c2)CCN(C(=O)O)C1. The maximum absolute atomic E-state index is 12.9. The number of hydrogen-bond acceptors (Lipinski definition) is 2. The zero-order valence-electron chi connectivity index (χ0n) is 11.7. The van der Waals surface area contributed by atoms with Gasteiger partial charge >= 0.3 is 6.09 Å². The van der Waals surface area contributed by atoms with Gasteiger partial charge in [-0.1, -0.05) is 36.5 Å². The molecule has 1 unspecified atom stereocenters. The van der Waals surface area contributed by atoms with Gasteiger partial charge in [0.1, 0.15) is 0 Å². The van der Waals surface area contributed by atoms with Crippen molar-refractivity contribution in [3.05, 3.63) is 33.8 Å². The van der Waals surface area contributed by atoms with Crippen LogP contribution < -0.4 is 0 Å². The number of amides is 1. The summed E-state index contributed by atoms with van der Waals surface area (Å²) in [6.45, 7) is 2.63. The number of carbonyl (C=O) groups is 2. The zero-order chi connectivity index (χ0) is 15.6. The largest absolute Gasteiger partial charge is 0.465 e. The second-order valence-corrected chi connectivity index (χ2v) is 6.26. The second kappa shape index (κ2) is 6.24. The summed E-state index contributed by atoms with van der Waals surface area (Å²) in [5.74, 6) is -0.0494. The number of carbonyl (C=O) groups excluding carboxylic acids is 1. The second-order valence-electron chi connectivity index (χ2n) is 5.44. The van der Waals surface area contributed by atoms with Crippen molar-refractivity contribution in [3.63, 3.8) is 0 Å². The average Bonchev–Trinajstić information content (AvgIpc) is 2.87. The van der Waals surface area contributed by atoms with Gasteiger partial charge in [-0.25, -0.2) is 4.79 Å². The Morgan fingerprint density at radius 1 is 1.33 bits per heavy atom. The highest BCUT2D eigenvalue weighted by Crippen LogP contribution is 2.39. The van der Waals surface area contributed by atoms with Crippen LogP contribution in [0.25, 0.3) is 0 Å². The summed E-state index contributed by atoms with van der Waals surface area (Å²) in [6.07, 6.45) is 1.05. The fraction of sp³-hybridized carbons (Fsp3) is 0.467. The number of likely N-dealkylation sites (tertiary alicyclic amines) is 1. The Bertz CT molecular complexity index is 576. The minimum atomic E-state index is -0.977. The van der Waals surface area contributed by atoms with Crippen molar-refractivity contribution >= 4 is 35.1 Å². The van der Waals surface area contributed by atoms with Gasteiger partial charge in [0.05, 0.1) is 15.5 Å². The first-order valence-electron chi connectivity index (χ1n) is 6.87. The van der Waals surface area contributed by atoms with E-state index in [4.69, 9.17) is 28.3 Å². The summed E-state index contributed by atoms with van der Waals surface area (Å²) in [4.78, 5) is 25.3. The molecule has 0 aliphatic carbocycles. The van der Waals surface area contributed by atoms with Crippen molar-refractivity contribution in [1.29, 1.82) is 0 Å². The van der Waals surface area contributed by atoms with Crippen LogP contribution in [0.1, 0.15) is 36.5 Å². The summed E-state index contributed by atoms with van der Waals surface area (Å²) in [7, 11) is 0. The van der Waals surface area contributed by atoms with Crippen LogP contribution in [-0.2, 0) is 0 Å². The molecule has 0 radical (unpaired) electrons. The third-order valence-corrected chi connectivity index (χ3v) is 4.76. The van der Waals surface area contributed by atoms with Crippen LogP contribution in [0.3, 0.4) is 0 Å². The molecule has 1 heterocycles. The van der Waals surface area contributed by atoms with Gasteiger partial charge < -0.3 is 10.0 Å². The molecule has 6 heteroatoms. The van der Waals surface area contributed by atoms with E-state index < -0.39 is 11.5 Å². The van der Waals surface area contributed by atoms with E-state index in [2.05, 4.69) is 0 Å². The van der Waals surface area contributed by atoms with Crippen molar-refractivity contribution in [3.8, 4) is 0 Å². The van der Waals surface area contributed by atoms with Gasteiger partial charge in [0.2, 0.25) is 0 Å². The number of carboxylic acid groups (broad SMARTS) is 1. The van der Waals surface area contributed by atoms with Gasteiger partial charge in [-0.3, -0.25) is 4.79 Å². The van der Waals surface area contributed by atoms with Crippen LogP contribution >= 0.6 is 23.2 Å². The molecular weight excluding hydrogens is 313 g/mol. The Balaban J connectivity index is 2.32. The highest BCUT2D eigenvalue weighted by atomic mass is 35.5. The van der Waals surface area contributed by atoms with Gasteiger partial charge in [0, 0.05) is 18.7 Å². The van der Waals surface area contributed by atoms with E-state index in [9.17, 15) is 9.59 Å². The number of rotatable bonds is 4. The van der Waals surface area contributed by atoms with E-state index in [0.717, 1.165) is 6.42 Å². The molecule has 4 nitrogen and oxygen atoms in total. The predicted octanol–water partition coefficient (Wildman–Crippen LogP) is 4.35. The Morgan fingerprint density at radius 3 is 2.57 bits per heavy atom. The van der Waals surface area contributed by atoms with Gasteiger partial charge in [-0.15, -0.1) is 0 Å². The summed E-state index contributed by atoms with van der Waals surface area (Å²) >= 11 is 11.9. The first-order valence-corrected chi connectivity index (χ1v) is 7.63. The van der Waals surface area contributed by atoms with E-state index in [-0.39, 0.29) is 12.3 Å². The minimum Gasteiger partial charge on any atom is -0.465 e. The molecule has 1 N–H and O–H groups in total. The molecule has 1 aromatic carbocycles. The first-order chi connectivity index (χ1) is 9.89. The lowest BCUT2D eigenvalue weighted by molar-refractivity contribution is 0.0781. The fourth-order valence-electron chi connectivity index (χ4n) is 2.96. The molecule has 1 aromatic rings. The molecule has 1 aliphatic rings. The molecule has 0 spiro atoms. The molecule has 21 heavy (non-hydrogen) atoms. The lowest BCUT2D eigenvalue weighted by Crippen LogP contribution is -2.36. The van der Waals surface area contributed by atoms with Crippen LogP contribution in [0.5, 0.6) is 0 Å². The van der Waals surface area contributed by atoms with Crippen LogP contribution in [0, 0.1) is 5.41 Å². The predicted molar refractivity (Wildman–Crippen MR) is 82.3 cm³/mol. The molecule has 1 atom stereocenters. The Morgan fingerprint density at radius 2 is 2.05 bits per heavy atom. The van der Waals surface area contributed by atoms with E-state index in [1.54, 1.807) is 18.2 Å².